The molecule has 2 rings (SSSR count). The molecule has 0 amide bonds. The van der Waals surface area contributed by atoms with Crippen LogP contribution in [0.1, 0.15) is 25.3 Å². The molecule has 2 atom stereocenters. The summed E-state index contributed by atoms with van der Waals surface area (Å²) in [7, 11) is 0. The SMILES string of the molecule is Cc1ccc(N2CC(CCO)NCCC2C)cc1. The number of aliphatic hydroxyl groups is 1. The fourth-order valence-electron chi connectivity index (χ4n) is 2.58. The summed E-state index contributed by atoms with van der Waals surface area (Å²) < 4.78 is 0. The van der Waals surface area contributed by atoms with Gasteiger partial charge in [0.2, 0.25) is 0 Å². The Bertz CT molecular complexity index is 363. The van der Waals surface area contributed by atoms with Gasteiger partial charge in [-0.05, 0) is 45.4 Å². The van der Waals surface area contributed by atoms with Crippen LogP contribution in [0.3, 0.4) is 0 Å². The minimum atomic E-state index is 0.258. The van der Waals surface area contributed by atoms with Crippen molar-refractivity contribution >= 4 is 5.69 Å². The molecule has 1 fully saturated rings. The van der Waals surface area contributed by atoms with Gasteiger partial charge in [0.05, 0.1) is 0 Å². The van der Waals surface area contributed by atoms with Crippen LogP contribution in [0.5, 0.6) is 0 Å². The molecule has 2 unspecified atom stereocenters. The Kier molecular flexibility index (Phi) is 4.61. The lowest BCUT2D eigenvalue weighted by atomic mass is 10.1. The molecule has 0 spiro atoms. The second kappa shape index (κ2) is 6.21. The summed E-state index contributed by atoms with van der Waals surface area (Å²) in [4.78, 5) is 2.46. The van der Waals surface area contributed by atoms with Gasteiger partial charge in [0.15, 0.2) is 0 Å². The topological polar surface area (TPSA) is 35.5 Å². The maximum absolute atomic E-state index is 9.11. The Morgan fingerprint density at radius 2 is 2.06 bits per heavy atom. The van der Waals surface area contributed by atoms with E-state index in [0.29, 0.717) is 12.1 Å². The Labute approximate surface area is 110 Å². The first kappa shape index (κ1) is 13.4. The third kappa shape index (κ3) is 3.24. The molecule has 1 aliphatic heterocycles. The van der Waals surface area contributed by atoms with E-state index in [9.17, 15) is 0 Å². The first-order valence-electron chi connectivity index (χ1n) is 6.88. The predicted molar refractivity (Wildman–Crippen MR) is 76.1 cm³/mol. The van der Waals surface area contributed by atoms with Crippen LogP contribution in [0.4, 0.5) is 5.69 Å². The van der Waals surface area contributed by atoms with Crippen molar-refractivity contribution < 1.29 is 5.11 Å². The molecule has 100 valence electrons. The van der Waals surface area contributed by atoms with Crippen molar-refractivity contribution in [3.8, 4) is 0 Å². The Hall–Kier alpha value is -1.06. The first-order valence-corrected chi connectivity index (χ1v) is 6.88. The predicted octanol–water partition coefficient (Wildman–Crippen LogP) is 1.93. The van der Waals surface area contributed by atoms with Gasteiger partial charge in [0.1, 0.15) is 0 Å². The van der Waals surface area contributed by atoms with Gasteiger partial charge in [-0.2, -0.15) is 0 Å². The largest absolute Gasteiger partial charge is 0.396 e. The molecule has 3 nitrogen and oxygen atoms in total. The van der Waals surface area contributed by atoms with Crippen molar-refractivity contribution in [3.63, 3.8) is 0 Å². The van der Waals surface area contributed by atoms with Crippen LogP contribution in [0.2, 0.25) is 0 Å². The molecule has 0 saturated carbocycles. The first-order chi connectivity index (χ1) is 8.70. The highest BCUT2D eigenvalue weighted by Crippen LogP contribution is 2.21. The van der Waals surface area contributed by atoms with Crippen molar-refractivity contribution in [2.45, 2.75) is 38.8 Å². The molecule has 1 heterocycles. The van der Waals surface area contributed by atoms with Crippen LogP contribution in [-0.2, 0) is 0 Å². The van der Waals surface area contributed by atoms with E-state index in [2.05, 4.69) is 48.3 Å². The van der Waals surface area contributed by atoms with Gasteiger partial charge in [-0.25, -0.2) is 0 Å². The Balaban J connectivity index is 2.14. The lowest BCUT2D eigenvalue weighted by molar-refractivity contribution is 0.267. The van der Waals surface area contributed by atoms with Crippen LogP contribution in [0.25, 0.3) is 0 Å². The zero-order valence-corrected chi connectivity index (χ0v) is 11.4. The Morgan fingerprint density at radius 1 is 1.33 bits per heavy atom. The molecule has 0 aromatic heterocycles. The van der Waals surface area contributed by atoms with Crippen molar-refractivity contribution in [3.05, 3.63) is 29.8 Å². The summed E-state index contributed by atoms with van der Waals surface area (Å²) in [6.07, 6.45) is 1.98. The minimum Gasteiger partial charge on any atom is -0.396 e. The van der Waals surface area contributed by atoms with Crippen LogP contribution in [0, 0.1) is 6.92 Å². The normalized spacial score (nSPS) is 24.9. The van der Waals surface area contributed by atoms with Crippen molar-refractivity contribution in [1.29, 1.82) is 0 Å². The monoisotopic (exact) mass is 248 g/mol. The summed E-state index contributed by atoms with van der Waals surface area (Å²) in [5.41, 5.74) is 2.59. The summed E-state index contributed by atoms with van der Waals surface area (Å²) >= 11 is 0. The summed E-state index contributed by atoms with van der Waals surface area (Å²) in [6, 6.07) is 9.67. The molecule has 1 aliphatic rings. The van der Waals surface area contributed by atoms with E-state index < -0.39 is 0 Å². The molecule has 3 heteroatoms. The number of benzene rings is 1. The summed E-state index contributed by atoms with van der Waals surface area (Å²) in [6.45, 7) is 6.67. The maximum Gasteiger partial charge on any atom is 0.0446 e. The van der Waals surface area contributed by atoms with E-state index in [-0.39, 0.29) is 6.61 Å². The zero-order valence-electron chi connectivity index (χ0n) is 11.4. The number of aryl methyl sites for hydroxylation is 1. The third-order valence-corrected chi connectivity index (χ3v) is 3.79. The van der Waals surface area contributed by atoms with E-state index in [0.717, 1.165) is 25.9 Å². The van der Waals surface area contributed by atoms with Crippen molar-refractivity contribution in [1.82, 2.24) is 5.32 Å². The average Bonchev–Trinajstić information content (AvgIpc) is 2.53. The molecule has 18 heavy (non-hydrogen) atoms. The molecule has 1 saturated heterocycles. The summed E-state index contributed by atoms with van der Waals surface area (Å²) in [5, 5.41) is 12.6. The maximum atomic E-state index is 9.11. The van der Waals surface area contributed by atoms with Crippen LogP contribution in [0.15, 0.2) is 24.3 Å². The highest BCUT2D eigenvalue weighted by molar-refractivity contribution is 5.48. The highest BCUT2D eigenvalue weighted by Gasteiger charge is 2.22. The van der Waals surface area contributed by atoms with Gasteiger partial charge >= 0.3 is 0 Å². The fraction of sp³-hybridized carbons (Fsp3) is 0.600. The number of hydrogen-bond donors (Lipinski definition) is 2. The fourth-order valence-corrected chi connectivity index (χ4v) is 2.58. The van der Waals surface area contributed by atoms with E-state index >= 15 is 0 Å². The van der Waals surface area contributed by atoms with Gasteiger partial charge in [-0.1, -0.05) is 17.7 Å². The molecule has 1 aromatic carbocycles. The molecular weight excluding hydrogens is 224 g/mol. The number of rotatable bonds is 3. The van der Waals surface area contributed by atoms with Gasteiger partial charge < -0.3 is 15.3 Å². The smallest absolute Gasteiger partial charge is 0.0446 e. The molecule has 1 aromatic rings. The Morgan fingerprint density at radius 3 is 2.72 bits per heavy atom. The standard InChI is InChI=1S/C15H24N2O/c1-12-3-5-15(6-4-12)17-11-14(8-10-18)16-9-7-13(17)2/h3-6,13-14,16,18H,7-11H2,1-2H3. The van der Waals surface area contributed by atoms with Gasteiger partial charge in [-0.15, -0.1) is 0 Å². The molecule has 0 aliphatic carbocycles. The zero-order chi connectivity index (χ0) is 13.0. The van der Waals surface area contributed by atoms with E-state index in [4.69, 9.17) is 5.11 Å². The second-order valence-electron chi connectivity index (χ2n) is 5.29. The minimum absolute atomic E-state index is 0.258. The molecule has 0 bridgehead atoms. The number of aliphatic hydroxyl groups excluding tert-OH is 1. The number of anilines is 1. The number of hydrogen-bond acceptors (Lipinski definition) is 3. The number of nitrogens with zero attached hydrogens (tertiary/aromatic N) is 1. The molecule has 2 N–H and O–H groups in total. The van der Waals surface area contributed by atoms with Crippen LogP contribution in [-0.4, -0.2) is 36.9 Å². The van der Waals surface area contributed by atoms with Gasteiger partial charge in [0, 0.05) is 30.9 Å². The molecular formula is C15H24N2O. The summed E-state index contributed by atoms with van der Waals surface area (Å²) in [5.74, 6) is 0. The lowest BCUT2D eigenvalue weighted by Gasteiger charge is -2.31. The van der Waals surface area contributed by atoms with E-state index in [1.165, 1.54) is 11.3 Å². The highest BCUT2D eigenvalue weighted by atomic mass is 16.3. The van der Waals surface area contributed by atoms with Crippen molar-refractivity contribution in [2.75, 3.05) is 24.6 Å². The third-order valence-electron chi connectivity index (χ3n) is 3.79. The average molecular weight is 248 g/mol. The second-order valence-corrected chi connectivity index (χ2v) is 5.29. The van der Waals surface area contributed by atoms with Crippen molar-refractivity contribution in [2.24, 2.45) is 0 Å². The van der Waals surface area contributed by atoms with Gasteiger partial charge in [-0.3, -0.25) is 0 Å². The number of nitrogens with one attached hydrogen (secondary N) is 1. The van der Waals surface area contributed by atoms with Gasteiger partial charge in [0.25, 0.3) is 0 Å². The van der Waals surface area contributed by atoms with Crippen LogP contribution < -0.4 is 10.2 Å². The lowest BCUT2D eigenvalue weighted by Crippen LogP contribution is -2.40. The van der Waals surface area contributed by atoms with E-state index in [1.807, 2.05) is 0 Å². The molecule has 0 radical (unpaired) electrons. The van der Waals surface area contributed by atoms with Crippen LogP contribution >= 0.6 is 0 Å². The van der Waals surface area contributed by atoms with E-state index in [1.54, 1.807) is 0 Å². The quantitative estimate of drug-likeness (QED) is 0.858.